The van der Waals surface area contributed by atoms with Crippen LogP contribution >= 0.6 is 11.8 Å². The molecule has 1 aromatic carbocycles. The SMILES string of the molecule is CCCCCCCC[C@H]1SC[C@H]1Oc1cccc([N+](=O)[O-])c1. The Labute approximate surface area is 136 Å². The Morgan fingerprint density at radius 1 is 1.27 bits per heavy atom. The lowest BCUT2D eigenvalue weighted by molar-refractivity contribution is -0.384. The van der Waals surface area contributed by atoms with Gasteiger partial charge in [0.05, 0.1) is 11.0 Å². The van der Waals surface area contributed by atoms with E-state index in [2.05, 4.69) is 6.92 Å². The maximum Gasteiger partial charge on any atom is 0.273 e. The average Bonchev–Trinajstić information content (AvgIpc) is 2.51. The summed E-state index contributed by atoms with van der Waals surface area (Å²) in [5.41, 5.74) is 0.0944. The molecule has 4 nitrogen and oxygen atoms in total. The van der Waals surface area contributed by atoms with Crippen LogP contribution in [0.25, 0.3) is 0 Å². The second kappa shape index (κ2) is 9.03. The van der Waals surface area contributed by atoms with Gasteiger partial charge in [-0.1, -0.05) is 51.5 Å². The van der Waals surface area contributed by atoms with Crippen molar-refractivity contribution in [2.24, 2.45) is 0 Å². The van der Waals surface area contributed by atoms with Crippen LogP contribution in [0.3, 0.4) is 0 Å². The van der Waals surface area contributed by atoms with Crippen molar-refractivity contribution < 1.29 is 9.66 Å². The van der Waals surface area contributed by atoms with Crippen LogP contribution in [-0.4, -0.2) is 22.0 Å². The standard InChI is InChI=1S/C17H25NO3S/c1-2-3-4-5-6-7-11-17-16(13-22-17)21-15-10-8-9-14(12-15)18(19)20/h8-10,12,16-17H,2-7,11,13H2,1H3/t16-,17-/m1/s1. The predicted octanol–water partition coefficient (Wildman–Crippen LogP) is 5.21. The summed E-state index contributed by atoms with van der Waals surface area (Å²) < 4.78 is 5.92. The van der Waals surface area contributed by atoms with Gasteiger partial charge in [0.2, 0.25) is 0 Å². The number of nitro groups is 1. The Hall–Kier alpha value is -1.23. The molecule has 0 aromatic heterocycles. The molecule has 1 aliphatic rings. The molecule has 1 aliphatic heterocycles. The van der Waals surface area contributed by atoms with E-state index in [0.717, 1.165) is 5.75 Å². The van der Waals surface area contributed by atoms with Gasteiger partial charge < -0.3 is 4.74 Å². The lowest BCUT2D eigenvalue weighted by atomic mass is 10.1. The van der Waals surface area contributed by atoms with Crippen molar-refractivity contribution in [1.29, 1.82) is 0 Å². The first-order chi connectivity index (χ1) is 10.7. The number of unbranched alkanes of at least 4 members (excludes halogenated alkanes) is 5. The number of hydrogen-bond donors (Lipinski definition) is 0. The Balaban J connectivity index is 1.70. The molecule has 0 bridgehead atoms. The van der Waals surface area contributed by atoms with Gasteiger partial charge in [0.1, 0.15) is 11.9 Å². The number of non-ortho nitro benzene ring substituents is 1. The third kappa shape index (κ3) is 5.20. The summed E-state index contributed by atoms with van der Waals surface area (Å²) in [7, 11) is 0. The molecule has 5 heteroatoms. The fraction of sp³-hybridized carbons (Fsp3) is 0.647. The summed E-state index contributed by atoms with van der Waals surface area (Å²) in [4.78, 5) is 10.4. The van der Waals surface area contributed by atoms with E-state index in [1.54, 1.807) is 12.1 Å². The van der Waals surface area contributed by atoms with Crippen LogP contribution in [0.4, 0.5) is 5.69 Å². The van der Waals surface area contributed by atoms with Crippen molar-refractivity contribution in [2.75, 3.05) is 5.75 Å². The van der Waals surface area contributed by atoms with Gasteiger partial charge in [-0.25, -0.2) is 0 Å². The summed E-state index contributed by atoms with van der Waals surface area (Å²) in [6.45, 7) is 2.24. The number of hydrogen-bond acceptors (Lipinski definition) is 4. The first-order valence-electron chi connectivity index (χ1n) is 8.23. The molecule has 0 amide bonds. The van der Waals surface area contributed by atoms with Gasteiger partial charge in [-0.2, -0.15) is 11.8 Å². The zero-order valence-electron chi connectivity index (χ0n) is 13.2. The van der Waals surface area contributed by atoms with E-state index < -0.39 is 0 Å². The molecule has 22 heavy (non-hydrogen) atoms. The van der Waals surface area contributed by atoms with Gasteiger partial charge in [-0.15, -0.1) is 0 Å². The first kappa shape index (κ1) is 17.1. The zero-order valence-corrected chi connectivity index (χ0v) is 14.0. The minimum absolute atomic E-state index is 0.0944. The van der Waals surface area contributed by atoms with E-state index in [1.165, 1.54) is 57.1 Å². The molecule has 0 spiro atoms. The summed E-state index contributed by atoms with van der Waals surface area (Å²) >= 11 is 1.95. The molecule has 2 rings (SSSR count). The number of thioether (sulfide) groups is 1. The highest BCUT2D eigenvalue weighted by molar-refractivity contribution is 8.01. The lowest BCUT2D eigenvalue weighted by Crippen LogP contribution is -2.41. The zero-order chi connectivity index (χ0) is 15.8. The van der Waals surface area contributed by atoms with E-state index in [-0.39, 0.29) is 16.7 Å². The van der Waals surface area contributed by atoms with Gasteiger partial charge in [-0.3, -0.25) is 10.1 Å². The fourth-order valence-electron chi connectivity index (χ4n) is 2.66. The van der Waals surface area contributed by atoms with Crippen molar-refractivity contribution in [3.05, 3.63) is 34.4 Å². The van der Waals surface area contributed by atoms with Crippen LogP contribution in [0.5, 0.6) is 5.75 Å². The smallest absolute Gasteiger partial charge is 0.273 e. The highest BCUT2D eigenvalue weighted by Gasteiger charge is 2.33. The minimum Gasteiger partial charge on any atom is -0.488 e. The summed E-state index contributed by atoms with van der Waals surface area (Å²) in [6, 6.07) is 6.50. The minimum atomic E-state index is -0.379. The van der Waals surface area contributed by atoms with E-state index in [9.17, 15) is 10.1 Å². The van der Waals surface area contributed by atoms with E-state index in [1.807, 2.05) is 11.8 Å². The first-order valence-corrected chi connectivity index (χ1v) is 9.28. The summed E-state index contributed by atoms with van der Waals surface area (Å²) in [5.74, 6) is 1.61. The van der Waals surface area contributed by atoms with Crippen LogP contribution in [-0.2, 0) is 0 Å². The van der Waals surface area contributed by atoms with Crippen LogP contribution in [0.1, 0.15) is 51.9 Å². The molecule has 0 radical (unpaired) electrons. The Morgan fingerprint density at radius 3 is 2.73 bits per heavy atom. The maximum absolute atomic E-state index is 10.8. The summed E-state index contributed by atoms with van der Waals surface area (Å²) in [5, 5.41) is 11.3. The molecule has 2 atom stereocenters. The molecule has 1 saturated heterocycles. The molecule has 1 heterocycles. The van der Waals surface area contributed by atoms with Crippen molar-refractivity contribution in [3.63, 3.8) is 0 Å². The van der Waals surface area contributed by atoms with Gasteiger partial charge in [0, 0.05) is 17.1 Å². The van der Waals surface area contributed by atoms with Crippen LogP contribution in [0.2, 0.25) is 0 Å². The Morgan fingerprint density at radius 2 is 2.05 bits per heavy atom. The van der Waals surface area contributed by atoms with Gasteiger partial charge in [0.25, 0.3) is 5.69 Å². The molecule has 0 unspecified atom stereocenters. The van der Waals surface area contributed by atoms with Crippen molar-refractivity contribution >= 4 is 17.4 Å². The highest BCUT2D eigenvalue weighted by Crippen LogP contribution is 2.36. The van der Waals surface area contributed by atoms with Crippen LogP contribution in [0.15, 0.2) is 24.3 Å². The largest absolute Gasteiger partial charge is 0.488 e. The van der Waals surface area contributed by atoms with E-state index in [4.69, 9.17) is 4.74 Å². The quantitative estimate of drug-likeness (QED) is 0.337. The Bertz CT molecular complexity index is 481. The van der Waals surface area contributed by atoms with E-state index >= 15 is 0 Å². The third-order valence-electron chi connectivity index (χ3n) is 4.05. The topological polar surface area (TPSA) is 52.4 Å². The van der Waals surface area contributed by atoms with Gasteiger partial charge in [-0.05, 0) is 12.5 Å². The molecule has 1 fully saturated rings. The molecule has 0 saturated carbocycles. The second-order valence-corrected chi connectivity index (χ2v) is 7.11. The average molecular weight is 323 g/mol. The molecule has 0 aliphatic carbocycles. The number of nitro benzene ring substituents is 1. The molecular weight excluding hydrogens is 298 g/mol. The van der Waals surface area contributed by atoms with Gasteiger partial charge >= 0.3 is 0 Å². The Kier molecular flexibility index (Phi) is 7.03. The molecule has 1 aromatic rings. The number of nitrogens with zero attached hydrogens (tertiary/aromatic N) is 1. The lowest BCUT2D eigenvalue weighted by Gasteiger charge is -2.36. The van der Waals surface area contributed by atoms with Gasteiger partial charge in [0.15, 0.2) is 0 Å². The maximum atomic E-state index is 10.8. The van der Waals surface area contributed by atoms with Crippen molar-refractivity contribution in [2.45, 2.75) is 63.2 Å². The monoisotopic (exact) mass is 323 g/mol. The van der Waals surface area contributed by atoms with Crippen molar-refractivity contribution in [1.82, 2.24) is 0 Å². The molecule has 0 N–H and O–H groups in total. The third-order valence-corrected chi connectivity index (χ3v) is 5.54. The molecular formula is C17H25NO3S. The van der Waals surface area contributed by atoms with Crippen LogP contribution in [0, 0.1) is 10.1 Å². The second-order valence-electron chi connectivity index (χ2n) is 5.84. The molecule has 122 valence electrons. The highest BCUT2D eigenvalue weighted by atomic mass is 32.2. The number of benzene rings is 1. The van der Waals surface area contributed by atoms with Crippen molar-refractivity contribution in [3.8, 4) is 5.75 Å². The van der Waals surface area contributed by atoms with Crippen LogP contribution < -0.4 is 4.74 Å². The van der Waals surface area contributed by atoms with E-state index in [0.29, 0.717) is 11.0 Å². The predicted molar refractivity (Wildman–Crippen MR) is 91.8 cm³/mol. The normalized spacial score (nSPS) is 20.4. The summed E-state index contributed by atoms with van der Waals surface area (Å²) in [6.07, 6.45) is 9.29. The number of ether oxygens (including phenoxy) is 1. The fourth-order valence-corrected chi connectivity index (χ4v) is 3.74. The number of rotatable bonds is 10.